The summed E-state index contributed by atoms with van der Waals surface area (Å²) in [5.41, 5.74) is 3.86. The highest BCUT2D eigenvalue weighted by atomic mass is 79.9. The first-order valence-electron chi connectivity index (χ1n) is 5.62. The van der Waals surface area contributed by atoms with Gasteiger partial charge >= 0.3 is 0 Å². The van der Waals surface area contributed by atoms with Gasteiger partial charge in [0.25, 0.3) is 0 Å². The van der Waals surface area contributed by atoms with Crippen LogP contribution in [0.3, 0.4) is 0 Å². The van der Waals surface area contributed by atoms with Gasteiger partial charge in [-0.2, -0.15) is 5.26 Å². The lowest BCUT2D eigenvalue weighted by Gasteiger charge is -2.22. The van der Waals surface area contributed by atoms with Crippen LogP contribution in [0, 0.1) is 18.3 Å². The SMILES string of the molecule is Cc1ccccc1N(C)c1cc(Br)ccc1C#N. The molecule has 0 aromatic heterocycles. The summed E-state index contributed by atoms with van der Waals surface area (Å²) in [6.45, 7) is 2.07. The smallest absolute Gasteiger partial charge is 0.101 e. The summed E-state index contributed by atoms with van der Waals surface area (Å²) in [6, 6.07) is 16.0. The van der Waals surface area contributed by atoms with Crippen molar-refractivity contribution in [1.29, 1.82) is 5.26 Å². The van der Waals surface area contributed by atoms with E-state index < -0.39 is 0 Å². The van der Waals surface area contributed by atoms with Crippen molar-refractivity contribution in [3.63, 3.8) is 0 Å². The highest BCUT2D eigenvalue weighted by Gasteiger charge is 2.11. The monoisotopic (exact) mass is 300 g/mol. The lowest BCUT2D eigenvalue weighted by atomic mass is 10.1. The van der Waals surface area contributed by atoms with E-state index in [0.717, 1.165) is 15.8 Å². The number of benzene rings is 2. The third-order valence-corrected chi connectivity index (χ3v) is 3.41. The standard InChI is InChI=1S/C15H13BrN2/c1-11-5-3-4-6-14(11)18(2)15-9-13(16)8-7-12(15)10-17/h3-9H,1-2H3. The van der Waals surface area contributed by atoms with Crippen molar-refractivity contribution in [2.45, 2.75) is 6.92 Å². The van der Waals surface area contributed by atoms with E-state index in [-0.39, 0.29) is 0 Å². The number of hydrogen-bond donors (Lipinski definition) is 0. The molecule has 0 unspecified atom stereocenters. The van der Waals surface area contributed by atoms with Gasteiger partial charge < -0.3 is 4.90 Å². The number of nitriles is 1. The third-order valence-electron chi connectivity index (χ3n) is 2.92. The van der Waals surface area contributed by atoms with Crippen LogP contribution in [0.1, 0.15) is 11.1 Å². The van der Waals surface area contributed by atoms with Crippen LogP contribution < -0.4 is 4.90 Å². The molecule has 0 bridgehead atoms. The molecule has 2 nitrogen and oxygen atoms in total. The first-order valence-corrected chi connectivity index (χ1v) is 6.42. The molecular weight excluding hydrogens is 288 g/mol. The van der Waals surface area contributed by atoms with E-state index in [4.69, 9.17) is 0 Å². The Morgan fingerprint density at radius 1 is 1.11 bits per heavy atom. The predicted octanol–water partition coefficient (Wildman–Crippen LogP) is 4.40. The van der Waals surface area contributed by atoms with Crippen LogP contribution in [0.15, 0.2) is 46.9 Å². The Morgan fingerprint density at radius 2 is 1.83 bits per heavy atom. The molecule has 0 aliphatic heterocycles. The fraction of sp³-hybridized carbons (Fsp3) is 0.133. The summed E-state index contributed by atoms with van der Waals surface area (Å²) in [5.74, 6) is 0. The number of rotatable bonds is 2. The van der Waals surface area contributed by atoms with Crippen molar-refractivity contribution in [2.24, 2.45) is 0 Å². The molecule has 0 saturated carbocycles. The Labute approximate surface area is 116 Å². The van der Waals surface area contributed by atoms with Gasteiger partial charge in [0.05, 0.1) is 11.3 Å². The minimum atomic E-state index is 0.670. The van der Waals surface area contributed by atoms with Crippen LogP contribution in [0.25, 0.3) is 0 Å². The number of nitrogens with zero attached hydrogens (tertiary/aromatic N) is 2. The van der Waals surface area contributed by atoms with Gasteiger partial charge in [-0.1, -0.05) is 34.1 Å². The summed E-state index contributed by atoms with van der Waals surface area (Å²) < 4.78 is 0.969. The number of aryl methyl sites for hydroxylation is 1. The maximum absolute atomic E-state index is 9.18. The molecule has 18 heavy (non-hydrogen) atoms. The van der Waals surface area contributed by atoms with Gasteiger partial charge in [0.1, 0.15) is 6.07 Å². The molecule has 0 N–H and O–H groups in total. The van der Waals surface area contributed by atoms with Gasteiger partial charge in [0.2, 0.25) is 0 Å². The maximum Gasteiger partial charge on any atom is 0.101 e. The molecule has 0 saturated heterocycles. The molecule has 0 aliphatic carbocycles. The number of hydrogen-bond acceptors (Lipinski definition) is 2. The van der Waals surface area contributed by atoms with Crippen molar-refractivity contribution in [3.8, 4) is 6.07 Å². The second-order valence-electron chi connectivity index (χ2n) is 4.12. The third kappa shape index (κ3) is 2.39. The minimum absolute atomic E-state index is 0.670. The van der Waals surface area contributed by atoms with Gasteiger partial charge in [-0.3, -0.25) is 0 Å². The molecule has 2 aromatic carbocycles. The van der Waals surface area contributed by atoms with Crippen LogP contribution in [-0.4, -0.2) is 7.05 Å². The number of halogens is 1. The Morgan fingerprint density at radius 3 is 2.50 bits per heavy atom. The van der Waals surface area contributed by atoms with Crippen LogP contribution in [0.4, 0.5) is 11.4 Å². The molecule has 0 heterocycles. The lowest BCUT2D eigenvalue weighted by molar-refractivity contribution is 1.17. The van der Waals surface area contributed by atoms with Crippen LogP contribution in [0.5, 0.6) is 0 Å². The average molecular weight is 301 g/mol. The van der Waals surface area contributed by atoms with E-state index >= 15 is 0 Å². The Hall–Kier alpha value is -1.79. The molecule has 0 radical (unpaired) electrons. The van der Waals surface area contributed by atoms with Gasteiger partial charge in [0.15, 0.2) is 0 Å². The highest BCUT2D eigenvalue weighted by Crippen LogP contribution is 2.31. The second-order valence-corrected chi connectivity index (χ2v) is 5.03. The van der Waals surface area contributed by atoms with Crippen molar-refractivity contribution in [1.82, 2.24) is 0 Å². The fourth-order valence-corrected chi connectivity index (χ4v) is 2.30. The van der Waals surface area contributed by atoms with Crippen LogP contribution in [-0.2, 0) is 0 Å². The summed E-state index contributed by atoms with van der Waals surface area (Å²) in [5, 5.41) is 9.18. The molecule has 3 heteroatoms. The molecule has 0 atom stereocenters. The van der Waals surface area contributed by atoms with Crippen molar-refractivity contribution in [3.05, 3.63) is 58.1 Å². The Balaban J connectivity index is 2.53. The fourth-order valence-electron chi connectivity index (χ4n) is 1.95. The first kappa shape index (κ1) is 12.7. The number of para-hydroxylation sites is 1. The minimum Gasteiger partial charge on any atom is -0.343 e. The first-order chi connectivity index (χ1) is 8.63. The Kier molecular flexibility index (Phi) is 3.69. The topological polar surface area (TPSA) is 27.0 Å². The zero-order chi connectivity index (χ0) is 13.1. The summed E-state index contributed by atoms with van der Waals surface area (Å²) >= 11 is 3.45. The molecule has 2 rings (SSSR count). The van der Waals surface area contributed by atoms with Gasteiger partial charge in [-0.05, 0) is 36.8 Å². The molecule has 0 fully saturated rings. The molecule has 0 aliphatic rings. The van der Waals surface area contributed by atoms with Gasteiger partial charge in [0, 0.05) is 17.2 Å². The van der Waals surface area contributed by atoms with E-state index in [1.807, 2.05) is 42.3 Å². The van der Waals surface area contributed by atoms with E-state index in [1.165, 1.54) is 5.56 Å². The molecule has 0 spiro atoms. The van der Waals surface area contributed by atoms with E-state index in [0.29, 0.717) is 5.56 Å². The van der Waals surface area contributed by atoms with Crippen molar-refractivity contribution in [2.75, 3.05) is 11.9 Å². The largest absolute Gasteiger partial charge is 0.343 e. The lowest BCUT2D eigenvalue weighted by Crippen LogP contribution is -2.12. The summed E-state index contributed by atoms with van der Waals surface area (Å²) in [6.07, 6.45) is 0. The highest BCUT2D eigenvalue weighted by molar-refractivity contribution is 9.10. The zero-order valence-electron chi connectivity index (χ0n) is 10.3. The van der Waals surface area contributed by atoms with E-state index in [2.05, 4.69) is 41.1 Å². The van der Waals surface area contributed by atoms with Crippen LogP contribution in [0.2, 0.25) is 0 Å². The van der Waals surface area contributed by atoms with Gasteiger partial charge in [-0.25, -0.2) is 0 Å². The molecular formula is C15H13BrN2. The molecule has 90 valence electrons. The zero-order valence-corrected chi connectivity index (χ0v) is 11.9. The Bertz CT molecular complexity index is 614. The normalized spacial score (nSPS) is 9.89. The second kappa shape index (κ2) is 5.24. The number of anilines is 2. The van der Waals surface area contributed by atoms with Crippen molar-refractivity contribution < 1.29 is 0 Å². The summed E-state index contributed by atoms with van der Waals surface area (Å²) in [4.78, 5) is 2.04. The average Bonchev–Trinajstić information content (AvgIpc) is 2.38. The molecule has 2 aromatic rings. The predicted molar refractivity (Wildman–Crippen MR) is 78.1 cm³/mol. The quantitative estimate of drug-likeness (QED) is 0.822. The van der Waals surface area contributed by atoms with Gasteiger partial charge in [-0.15, -0.1) is 0 Å². The van der Waals surface area contributed by atoms with E-state index in [1.54, 1.807) is 0 Å². The van der Waals surface area contributed by atoms with Crippen molar-refractivity contribution >= 4 is 27.3 Å². The molecule has 0 amide bonds. The van der Waals surface area contributed by atoms with E-state index in [9.17, 15) is 5.26 Å². The maximum atomic E-state index is 9.18. The van der Waals surface area contributed by atoms with Crippen LogP contribution >= 0.6 is 15.9 Å². The summed E-state index contributed by atoms with van der Waals surface area (Å²) in [7, 11) is 1.98.